The van der Waals surface area contributed by atoms with Crippen molar-refractivity contribution in [2.24, 2.45) is 5.92 Å². The van der Waals surface area contributed by atoms with Crippen LogP contribution in [0.5, 0.6) is 5.75 Å². The summed E-state index contributed by atoms with van der Waals surface area (Å²) in [5.74, 6) is 0.365. The van der Waals surface area contributed by atoms with E-state index >= 15 is 0 Å². The Balaban J connectivity index is 1.47. The molecule has 8 heteroatoms. The van der Waals surface area contributed by atoms with E-state index in [0.29, 0.717) is 16.6 Å². The second-order valence-electron chi connectivity index (χ2n) is 8.22. The van der Waals surface area contributed by atoms with Crippen molar-refractivity contribution in [1.82, 2.24) is 15.5 Å². The van der Waals surface area contributed by atoms with Crippen molar-refractivity contribution in [2.75, 3.05) is 12.4 Å². The third-order valence-electron chi connectivity index (χ3n) is 5.86. The highest BCUT2D eigenvalue weighted by molar-refractivity contribution is 7.18. The van der Waals surface area contributed by atoms with Crippen molar-refractivity contribution < 1.29 is 14.3 Å². The lowest BCUT2D eigenvalue weighted by atomic mass is 9.88. The molecule has 1 aromatic heterocycles. The lowest BCUT2D eigenvalue weighted by Gasteiger charge is -2.24. The number of hydrogen-bond donors (Lipinski definition) is 2. The Morgan fingerprint density at radius 2 is 1.85 bits per heavy atom. The molecule has 0 saturated heterocycles. The number of nitrogens with one attached hydrogen (secondary N) is 2. The molecule has 1 saturated carbocycles. The first-order chi connectivity index (χ1) is 16.1. The molecule has 33 heavy (non-hydrogen) atoms. The molecular formula is C25H28N4O3S. The van der Waals surface area contributed by atoms with E-state index in [2.05, 4.69) is 20.8 Å². The highest BCUT2D eigenvalue weighted by Crippen LogP contribution is 2.29. The molecule has 0 radical (unpaired) electrons. The van der Waals surface area contributed by atoms with E-state index < -0.39 is 6.04 Å². The molecule has 0 aliphatic heterocycles. The van der Waals surface area contributed by atoms with Gasteiger partial charge in [-0.25, -0.2) is 0 Å². The van der Waals surface area contributed by atoms with E-state index in [9.17, 15) is 9.59 Å². The van der Waals surface area contributed by atoms with E-state index in [1.54, 1.807) is 7.11 Å². The van der Waals surface area contributed by atoms with E-state index in [1.807, 2.05) is 54.6 Å². The third kappa shape index (κ3) is 6.16. The fourth-order valence-electron chi connectivity index (χ4n) is 4.05. The van der Waals surface area contributed by atoms with Crippen LogP contribution in [-0.2, 0) is 16.0 Å². The van der Waals surface area contributed by atoms with Gasteiger partial charge in [0.05, 0.1) is 7.11 Å². The van der Waals surface area contributed by atoms with Gasteiger partial charge < -0.3 is 10.1 Å². The minimum absolute atomic E-state index is 0.0222. The van der Waals surface area contributed by atoms with E-state index in [0.717, 1.165) is 42.6 Å². The van der Waals surface area contributed by atoms with Gasteiger partial charge in [0.2, 0.25) is 16.9 Å². The molecule has 1 unspecified atom stereocenters. The first-order valence-electron chi connectivity index (χ1n) is 11.3. The number of carbonyl (C=O) groups excluding carboxylic acids is 2. The van der Waals surface area contributed by atoms with E-state index in [4.69, 9.17) is 4.74 Å². The number of rotatable bonds is 8. The molecule has 1 aliphatic rings. The van der Waals surface area contributed by atoms with Crippen molar-refractivity contribution in [1.29, 1.82) is 0 Å². The van der Waals surface area contributed by atoms with Gasteiger partial charge in [-0.15, -0.1) is 10.2 Å². The zero-order chi connectivity index (χ0) is 23.0. The normalized spacial score (nSPS) is 14.9. The number of aromatic nitrogens is 2. The molecule has 2 amide bonds. The van der Waals surface area contributed by atoms with Crippen LogP contribution in [0.4, 0.5) is 5.13 Å². The molecule has 172 valence electrons. The van der Waals surface area contributed by atoms with E-state index in [-0.39, 0.29) is 17.7 Å². The van der Waals surface area contributed by atoms with Crippen molar-refractivity contribution >= 4 is 28.3 Å². The summed E-state index contributed by atoms with van der Waals surface area (Å²) in [6.45, 7) is 0. The number of nitrogens with zero attached hydrogens (tertiary/aromatic N) is 2. The van der Waals surface area contributed by atoms with Gasteiger partial charge in [-0.1, -0.05) is 73.1 Å². The largest absolute Gasteiger partial charge is 0.497 e. The lowest BCUT2D eigenvalue weighted by Crippen LogP contribution is -2.47. The second-order valence-corrected chi connectivity index (χ2v) is 9.20. The van der Waals surface area contributed by atoms with Crippen LogP contribution >= 0.6 is 11.3 Å². The highest BCUT2D eigenvalue weighted by Gasteiger charge is 2.27. The Labute approximate surface area is 197 Å². The minimum atomic E-state index is -0.689. The molecule has 3 aromatic rings. The zero-order valence-electron chi connectivity index (χ0n) is 18.6. The Kier molecular flexibility index (Phi) is 7.67. The minimum Gasteiger partial charge on any atom is -0.497 e. The topological polar surface area (TPSA) is 93.2 Å². The van der Waals surface area contributed by atoms with Crippen molar-refractivity contribution in [2.45, 2.75) is 44.6 Å². The lowest BCUT2D eigenvalue weighted by molar-refractivity contribution is -0.130. The van der Waals surface area contributed by atoms with Crippen molar-refractivity contribution in [3.05, 3.63) is 60.2 Å². The Hall–Kier alpha value is -3.26. The number of amides is 2. The summed E-state index contributed by atoms with van der Waals surface area (Å²) in [6.07, 6.45) is 5.46. The Morgan fingerprint density at radius 3 is 2.61 bits per heavy atom. The van der Waals surface area contributed by atoms with Crippen LogP contribution in [0.25, 0.3) is 10.6 Å². The maximum Gasteiger partial charge on any atom is 0.249 e. The number of ether oxygens (including phenoxy) is 1. The summed E-state index contributed by atoms with van der Waals surface area (Å²) in [5, 5.41) is 15.2. The number of hydrogen-bond acceptors (Lipinski definition) is 6. The predicted octanol–water partition coefficient (Wildman–Crippen LogP) is 4.46. The maximum absolute atomic E-state index is 13.2. The molecule has 2 aromatic carbocycles. The first kappa shape index (κ1) is 22.9. The number of anilines is 1. The molecule has 0 spiro atoms. The fraction of sp³-hybridized carbons (Fsp3) is 0.360. The predicted molar refractivity (Wildman–Crippen MR) is 129 cm³/mol. The van der Waals surface area contributed by atoms with Crippen LogP contribution in [0, 0.1) is 5.92 Å². The standard InChI is InChI=1S/C25H28N4O3S/c1-32-20-14-8-13-19(16-20)24-28-29-25(33-24)27-23(31)21(15-17-9-4-2-5-10-17)26-22(30)18-11-6-3-7-12-18/h2,4-5,8-10,13-14,16,18,21H,3,6-7,11-12,15H2,1H3,(H,26,30)(H,27,29,31). The SMILES string of the molecule is COc1cccc(-c2nnc(NC(=O)C(Cc3ccccc3)NC(=O)C3CCCCC3)s2)c1. The second kappa shape index (κ2) is 11.0. The van der Waals surface area contributed by atoms with Gasteiger partial charge in [0, 0.05) is 17.9 Å². The van der Waals surface area contributed by atoms with Gasteiger partial charge in [-0.2, -0.15) is 0 Å². The van der Waals surface area contributed by atoms with Gasteiger partial charge in [-0.05, 0) is 30.5 Å². The van der Waals surface area contributed by atoms with Crippen molar-refractivity contribution in [3.63, 3.8) is 0 Å². The average Bonchev–Trinajstić information content (AvgIpc) is 3.33. The summed E-state index contributed by atoms with van der Waals surface area (Å²) < 4.78 is 5.27. The molecular weight excluding hydrogens is 436 g/mol. The van der Waals surface area contributed by atoms with Gasteiger partial charge in [0.1, 0.15) is 16.8 Å². The number of benzene rings is 2. The van der Waals surface area contributed by atoms with Crippen LogP contribution in [0.15, 0.2) is 54.6 Å². The van der Waals surface area contributed by atoms with Crippen LogP contribution in [0.1, 0.15) is 37.7 Å². The molecule has 1 fully saturated rings. The van der Waals surface area contributed by atoms with Gasteiger partial charge in [0.15, 0.2) is 0 Å². The summed E-state index contributed by atoms with van der Waals surface area (Å²) >= 11 is 1.28. The zero-order valence-corrected chi connectivity index (χ0v) is 19.4. The van der Waals surface area contributed by atoms with Crippen LogP contribution in [0.2, 0.25) is 0 Å². The molecule has 1 aliphatic carbocycles. The highest BCUT2D eigenvalue weighted by atomic mass is 32.1. The summed E-state index contributed by atoms with van der Waals surface area (Å²) in [5.41, 5.74) is 1.84. The monoisotopic (exact) mass is 464 g/mol. The molecule has 1 atom stereocenters. The van der Waals surface area contributed by atoms with Gasteiger partial charge >= 0.3 is 0 Å². The van der Waals surface area contributed by atoms with Crippen molar-refractivity contribution in [3.8, 4) is 16.3 Å². The van der Waals surface area contributed by atoms with Crippen LogP contribution < -0.4 is 15.4 Å². The third-order valence-corrected chi connectivity index (χ3v) is 6.75. The number of methoxy groups -OCH3 is 1. The first-order valence-corrected chi connectivity index (χ1v) is 12.1. The smallest absolute Gasteiger partial charge is 0.249 e. The molecule has 2 N–H and O–H groups in total. The summed E-state index contributed by atoms with van der Waals surface area (Å²) in [7, 11) is 1.61. The summed E-state index contributed by atoms with van der Waals surface area (Å²) in [4.78, 5) is 26.1. The Bertz CT molecular complexity index is 1080. The van der Waals surface area contributed by atoms with E-state index in [1.165, 1.54) is 17.8 Å². The van der Waals surface area contributed by atoms with Gasteiger partial charge in [0.25, 0.3) is 0 Å². The van der Waals surface area contributed by atoms with Gasteiger partial charge in [-0.3, -0.25) is 14.9 Å². The molecule has 1 heterocycles. The quantitative estimate of drug-likeness (QED) is 0.513. The maximum atomic E-state index is 13.2. The average molecular weight is 465 g/mol. The molecule has 0 bridgehead atoms. The molecule has 4 rings (SSSR count). The fourth-order valence-corrected chi connectivity index (χ4v) is 4.80. The van der Waals surface area contributed by atoms with Crippen LogP contribution in [-0.4, -0.2) is 35.2 Å². The summed E-state index contributed by atoms with van der Waals surface area (Å²) in [6, 6.07) is 16.5. The van der Waals surface area contributed by atoms with Crippen LogP contribution in [0.3, 0.4) is 0 Å². The Morgan fingerprint density at radius 1 is 1.06 bits per heavy atom. The molecule has 7 nitrogen and oxygen atoms in total. The number of carbonyl (C=O) groups is 2.